The van der Waals surface area contributed by atoms with Crippen molar-refractivity contribution in [3.05, 3.63) is 24.3 Å². The summed E-state index contributed by atoms with van der Waals surface area (Å²) in [5.74, 6) is 0.183. The molecule has 0 saturated heterocycles. The van der Waals surface area contributed by atoms with Crippen LogP contribution in [0.3, 0.4) is 0 Å². The van der Waals surface area contributed by atoms with Gasteiger partial charge in [-0.1, -0.05) is 0 Å². The van der Waals surface area contributed by atoms with Crippen molar-refractivity contribution >= 4 is 10.0 Å². The highest BCUT2D eigenvalue weighted by atomic mass is 32.2. The van der Waals surface area contributed by atoms with E-state index in [0.29, 0.717) is 12.5 Å². The monoisotopic (exact) mass is 300 g/mol. The minimum absolute atomic E-state index is 0.183. The molecule has 0 aromatic carbocycles. The molecule has 0 unspecified atom stereocenters. The molecule has 0 aliphatic heterocycles. The molecular weight excluding hydrogens is 276 g/mol. The summed E-state index contributed by atoms with van der Waals surface area (Å²) in [4.78, 5) is 10.4. The van der Waals surface area contributed by atoms with Crippen LogP contribution in [0.25, 0.3) is 0 Å². The summed E-state index contributed by atoms with van der Waals surface area (Å²) < 4.78 is 24.6. The number of sulfonamides is 1. The first-order chi connectivity index (χ1) is 9.33. The Balaban J connectivity index is 2.37. The summed E-state index contributed by atoms with van der Waals surface area (Å²) in [7, 11) is 2.04. The van der Waals surface area contributed by atoms with Gasteiger partial charge in [0.05, 0.1) is 11.4 Å². The predicted molar refractivity (Wildman–Crippen MR) is 79.9 cm³/mol. The average Bonchev–Trinajstić information content (AvgIpc) is 2.39. The van der Waals surface area contributed by atoms with Gasteiger partial charge in [-0.3, -0.25) is 9.97 Å². The molecule has 0 amide bonds. The summed E-state index contributed by atoms with van der Waals surface area (Å²) in [6.07, 6.45) is 6.54. The number of rotatable bonds is 8. The third-order valence-electron chi connectivity index (χ3n) is 3.34. The molecule has 0 spiro atoms. The largest absolute Gasteiger partial charge is 0.303 e. The maximum Gasteiger partial charge on any atom is 0.213 e. The molecule has 0 N–H and O–H groups in total. The molecule has 20 heavy (non-hydrogen) atoms. The normalized spacial score (nSPS) is 13.9. The zero-order chi connectivity index (χ0) is 15.2. The number of nitrogens with zero attached hydrogens (tertiary/aromatic N) is 4. The van der Waals surface area contributed by atoms with Crippen molar-refractivity contribution in [1.29, 1.82) is 0 Å². The van der Waals surface area contributed by atoms with Gasteiger partial charge in [0, 0.05) is 45.1 Å². The highest BCUT2D eigenvalue weighted by Crippen LogP contribution is 2.06. The summed E-state index contributed by atoms with van der Waals surface area (Å²) in [6, 6.07) is 0.300. The van der Waals surface area contributed by atoms with Crippen LogP contribution in [0.1, 0.15) is 19.0 Å². The van der Waals surface area contributed by atoms with Crippen molar-refractivity contribution in [1.82, 2.24) is 19.2 Å². The van der Waals surface area contributed by atoms with Gasteiger partial charge in [0.15, 0.2) is 0 Å². The lowest BCUT2D eigenvalue weighted by Crippen LogP contribution is -2.34. The van der Waals surface area contributed by atoms with Crippen LogP contribution in [0.4, 0.5) is 0 Å². The molecule has 1 aromatic rings. The fourth-order valence-corrected chi connectivity index (χ4v) is 2.65. The fourth-order valence-electron chi connectivity index (χ4n) is 1.79. The van der Waals surface area contributed by atoms with Crippen LogP contribution in [0, 0.1) is 0 Å². The number of hydrogen-bond acceptors (Lipinski definition) is 5. The Bertz CT molecular complexity index is 490. The maximum absolute atomic E-state index is 11.7. The quantitative estimate of drug-likeness (QED) is 0.704. The van der Waals surface area contributed by atoms with E-state index in [4.69, 9.17) is 0 Å². The molecule has 0 aliphatic carbocycles. The van der Waals surface area contributed by atoms with Crippen molar-refractivity contribution in [2.45, 2.75) is 25.8 Å². The van der Waals surface area contributed by atoms with Crippen LogP contribution in [0.15, 0.2) is 18.6 Å². The van der Waals surface area contributed by atoms with E-state index in [1.165, 1.54) is 4.31 Å². The molecule has 1 atom stereocenters. The van der Waals surface area contributed by atoms with Crippen molar-refractivity contribution < 1.29 is 8.42 Å². The lowest BCUT2D eigenvalue weighted by molar-refractivity contribution is 0.255. The third kappa shape index (κ3) is 5.52. The second-order valence-electron chi connectivity index (χ2n) is 5.18. The van der Waals surface area contributed by atoms with E-state index in [1.54, 1.807) is 32.7 Å². The lowest BCUT2D eigenvalue weighted by atomic mass is 10.1. The molecule has 1 heterocycles. The summed E-state index contributed by atoms with van der Waals surface area (Å²) in [5, 5.41) is 0. The zero-order valence-corrected chi connectivity index (χ0v) is 13.5. The Morgan fingerprint density at radius 3 is 2.50 bits per heavy atom. The summed E-state index contributed by atoms with van der Waals surface area (Å²) in [5.41, 5.74) is 0.952. The molecule has 0 radical (unpaired) electrons. The van der Waals surface area contributed by atoms with Crippen LogP contribution in [-0.2, 0) is 16.4 Å². The van der Waals surface area contributed by atoms with Crippen LogP contribution in [0.5, 0.6) is 0 Å². The topological polar surface area (TPSA) is 66.4 Å². The van der Waals surface area contributed by atoms with Gasteiger partial charge >= 0.3 is 0 Å². The van der Waals surface area contributed by atoms with Gasteiger partial charge < -0.3 is 4.90 Å². The summed E-state index contributed by atoms with van der Waals surface area (Å²) in [6.45, 7) is 2.85. The first kappa shape index (κ1) is 17.0. The van der Waals surface area contributed by atoms with E-state index < -0.39 is 10.0 Å². The fraction of sp³-hybridized carbons (Fsp3) is 0.692. The van der Waals surface area contributed by atoms with Gasteiger partial charge in [-0.15, -0.1) is 0 Å². The van der Waals surface area contributed by atoms with E-state index in [2.05, 4.69) is 21.8 Å². The third-order valence-corrected chi connectivity index (χ3v) is 5.26. The van der Waals surface area contributed by atoms with Gasteiger partial charge in [-0.05, 0) is 26.9 Å². The molecule has 1 aromatic heterocycles. The smallest absolute Gasteiger partial charge is 0.213 e. The zero-order valence-electron chi connectivity index (χ0n) is 12.7. The number of aromatic nitrogens is 2. The molecule has 0 fully saturated rings. The summed E-state index contributed by atoms with van der Waals surface area (Å²) >= 11 is 0. The standard InChI is InChI=1S/C13H24N4O2S/c1-12(10-13-11-14-6-7-15-13)17(4)8-5-9-20(18,19)16(2)3/h6-7,11-12H,5,8-10H2,1-4H3/t12-/m1/s1. The first-order valence-electron chi connectivity index (χ1n) is 6.68. The highest BCUT2D eigenvalue weighted by Gasteiger charge is 2.15. The molecule has 1 rings (SSSR count). The van der Waals surface area contributed by atoms with Gasteiger partial charge in [0.25, 0.3) is 0 Å². The van der Waals surface area contributed by atoms with E-state index in [9.17, 15) is 8.42 Å². The van der Waals surface area contributed by atoms with Crippen LogP contribution in [-0.4, -0.2) is 67.1 Å². The minimum atomic E-state index is -3.09. The van der Waals surface area contributed by atoms with Gasteiger partial charge in [-0.2, -0.15) is 0 Å². The van der Waals surface area contributed by atoms with Crippen molar-refractivity contribution in [3.8, 4) is 0 Å². The van der Waals surface area contributed by atoms with Gasteiger partial charge in [-0.25, -0.2) is 12.7 Å². The molecular formula is C13H24N4O2S. The Morgan fingerprint density at radius 2 is 1.95 bits per heavy atom. The van der Waals surface area contributed by atoms with Crippen LogP contribution in [0.2, 0.25) is 0 Å². The first-order valence-corrected chi connectivity index (χ1v) is 8.29. The predicted octanol–water partition coefficient (Wildman–Crippen LogP) is 0.621. The second kappa shape index (κ2) is 7.66. The SMILES string of the molecule is C[C@H](Cc1cnccn1)N(C)CCCS(=O)(=O)N(C)C. The molecule has 0 saturated carbocycles. The van der Waals surface area contributed by atoms with Gasteiger partial charge in [0.1, 0.15) is 0 Å². The van der Waals surface area contributed by atoms with E-state index in [1.807, 2.05) is 7.05 Å². The van der Waals surface area contributed by atoms with E-state index in [0.717, 1.165) is 18.7 Å². The van der Waals surface area contributed by atoms with Crippen molar-refractivity contribution in [3.63, 3.8) is 0 Å². The highest BCUT2D eigenvalue weighted by molar-refractivity contribution is 7.89. The van der Waals surface area contributed by atoms with E-state index >= 15 is 0 Å². The van der Waals surface area contributed by atoms with Crippen LogP contribution >= 0.6 is 0 Å². The Hall–Kier alpha value is -1.05. The Labute approximate surface area is 121 Å². The number of likely N-dealkylation sites (N-methyl/N-ethyl adjacent to an activating group) is 1. The van der Waals surface area contributed by atoms with Crippen LogP contribution < -0.4 is 0 Å². The molecule has 0 aliphatic rings. The number of hydrogen-bond donors (Lipinski definition) is 0. The average molecular weight is 300 g/mol. The maximum atomic E-state index is 11.7. The van der Waals surface area contributed by atoms with E-state index in [-0.39, 0.29) is 5.75 Å². The van der Waals surface area contributed by atoms with Gasteiger partial charge in [0.2, 0.25) is 10.0 Å². The second-order valence-corrected chi connectivity index (χ2v) is 7.48. The molecule has 6 nitrogen and oxygen atoms in total. The lowest BCUT2D eigenvalue weighted by Gasteiger charge is -2.24. The molecule has 7 heteroatoms. The minimum Gasteiger partial charge on any atom is -0.303 e. The molecule has 0 bridgehead atoms. The molecule has 114 valence electrons. The Morgan fingerprint density at radius 1 is 1.25 bits per heavy atom. The Kier molecular flexibility index (Phi) is 6.51. The van der Waals surface area contributed by atoms with Crippen molar-refractivity contribution in [2.24, 2.45) is 0 Å². The van der Waals surface area contributed by atoms with Crippen molar-refractivity contribution in [2.75, 3.05) is 33.4 Å².